The fourth-order valence-electron chi connectivity index (χ4n) is 3.55. The minimum atomic E-state index is 0.165. The van der Waals surface area contributed by atoms with E-state index < -0.39 is 0 Å². The van der Waals surface area contributed by atoms with Gasteiger partial charge >= 0.3 is 0 Å². The van der Waals surface area contributed by atoms with E-state index >= 15 is 0 Å². The summed E-state index contributed by atoms with van der Waals surface area (Å²) in [6.07, 6.45) is 4.99. The average molecular weight is 419 g/mol. The Hall–Kier alpha value is -3.63. The van der Waals surface area contributed by atoms with Crippen molar-refractivity contribution < 1.29 is 5.11 Å². The Labute approximate surface area is 178 Å². The summed E-state index contributed by atoms with van der Waals surface area (Å²) in [6.45, 7) is 3.75. The van der Waals surface area contributed by atoms with Crippen LogP contribution in [0.2, 0.25) is 5.02 Å². The highest BCUT2D eigenvalue weighted by molar-refractivity contribution is 6.38. The summed E-state index contributed by atoms with van der Waals surface area (Å²) in [5, 5.41) is 21.1. The molecule has 0 fully saturated rings. The molecule has 4 rings (SSSR count). The lowest BCUT2D eigenvalue weighted by atomic mass is 9.92. The zero-order valence-corrected chi connectivity index (χ0v) is 17.7. The van der Waals surface area contributed by atoms with Crippen molar-refractivity contribution in [1.29, 1.82) is 5.26 Å². The maximum atomic E-state index is 10.2. The van der Waals surface area contributed by atoms with E-state index in [2.05, 4.69) is 26.0 Å². The lowest BCUT2D eigenvalue weighted by molar-refractivity contribution is 0.471. The van der Waals surface area contributed by atoms with Crippen molar-refractivity contribution in [3.05, 3.63) is 52.4 Å². The van der Waals surface area contributed by atoms with E-state index in [1.165, 1.54) is 0 Å². The molecule has 8 heteroatoms. The van der Waals surface area contributed by atoms with Gasteiger partial charge in [-0.2, -0.15) is 5.26 Å². The molecule has 0 saturated heterocycles. The third-order valence-corrected chi connectivity index (χ3v) is 5.49. The number of hydrogen-bond donors (Lipinski definition) is 2. The molecule has 3 heterocycles. The van der Waals surface area contributed by atoms with Crippen LogP contribution in [0.1, 0.15) is 16.7 Å². The molecule has 0 aliphatic carbocycles. The number of nitrogens with zero attached hydrogens (tertiary/aromatic N) is 5. The van der Waals surface area contributed by atoms with Gasteiger partial charge < -0.3 is 15.0 Å². The zero-order chi connectivity index (χ0) is 21.6. The minimum Gasteiger partial charge on any atom is -0.508 e. The normalized spacial score (nSPS) is 10.9. The van der Waals surface area contributed by atoms with E-state index in [4.69, 9.17) is 11.6 Å². The average Bonchev–Trinajstić information content (AvgIpc) is 3.07. The highest BCUT2D eigenvalue weighted by Gasteiger charge is 2.22. The number of aromatic nitrogens is 4. The van der Waals surface area contributed by atoms with Crippen molar-refractivity contribution in [3.8, 4) is 34.2 Å². The number of aryl methyl sites for hydroxylation is 1. The lowest BCUT2D eigenvalue weighted by Crippen LogP contribution is -2.12. The molecule has 0 unspecified atom stereocenters. The first kappa shape index (κ1) is 19.7. The Bertz CT molecular complexity index is 1320. The van der Waals surface area contributed by atoms with Crippen LogP contribution in [0.3, 0.4) is 0 Å². The third kappa shape index (κ3) is 3.02. The van der Waals surface area contributed by atoms with Gasteiger partial charge in [-0.15, -0.1) is 0 Å². The smallest absolute Gasteiger partial charge is 0.224 e. The Morgan fingerprint density at radius 2 is 1.80 bits per heavy atom. The van der Waals surface area contributed by atoms with Crippen LogP contribution in [0.15, 0.2) is 30.7 Å². The van der Waals surface area contributed by atoms with Gasteiger partial charge in [0, 0.05) is 43.8 Å². The zero-order valence-electron chi connectivity index (χ0n) is 16.9. The monoisotopic (exact) mass is 418 g/mol. The molecule has 0 amide bonds. The van der Waals surface area contributed by atoms with Crippen LogP contribution in [0.25, 0.3) is 33.4 Å². The second-order valence-corrected chi connectivity index (χ2v) is 7.64. The number of nitriles is 1. The van der Waals surface area contributed by atoms with Crippen LogP contribution < -0.4 is 4.90 Å². The van der Waals surface area contributed by atoms with Gasteiger partial charge in [0.25, 0.3) is 0 Å². The van der Waals surface area contributed by atoms with Crippen LogP contribution >= 0.6 is 11.6 Å². The lowest BCUT2D eigenvalue weighted by Gasteiger charge is -2.13. The number of nitrogens with one attached hydrogen (secondary N) is 1. The van der Waals surface area contributed by atoms with Crippen molar-refractivity contribution in [2.24, 2.45) is 0 Å². The summed E-state index contributed by atoms with van der Waals surface area (Å²) in [4.78, 5) is 18.2. The van der Waals surface area contributed by atoms with Gasteiger partial charge in [0.05, 0.1) is 21.7 Å². The summed E-state index contributed by atoms with van der Waals surface area (Å²) in [5.74, 6) is 0.748. The van der Waals surface area contributed by atoms with Crippen molar-refractivity contribution in [1.82, 2.24) is 19.9 Å². The first-order valence-electron chi connectivity index (χ1n) is 9.23. The molecule has 0 aliphatic rings. The van der Waals surface area contributed by atoms with Crippen molar-refractivity contribution >= 4 is 28.6 Å². The molecule has 0 radical (unpaired) electrons. The molecular formula is C22H19ClN6O. The first-order chi connectivity index (χ1) is 14.3. The topological polar surface area (TPSA) is 102 Å². The largest absolute Gasteiger partial charge is 0.508 e. The number of pyridine rings is 1. The molecule has 1 aromatic carbocycles. The van der Waals surface area contributed by atoms with Crippen LogP contribution in [-0.4, -0.2) is 39.1 Å². The van der Waals surface area contributed by atoms with Crippen LogP contribution in [0.5, 0.6) is 5.75 Å². The Kier molecular flexibility index (Phi) is 4.80. The summed E-state index contributed by atoms with van der Waals surface area (Å²) < 4.78 is 0. The van der Waals surface area contributed by atoms with Crippen molar-refractivity contribution in [2.45, 2.75) is 13.8 Å². The molecule has 3 aromatic heterocycles. The molecule has 2 N–H and O–H groups in total. The van der Waals surface area contributed by atoms with E-state index in [1.54, 1.807) is 29.6 Å². The maximum absolute atomic E-state index is 10.2. The number of phenolic OH excluding ortho intramolecular Hbond substituents is 1. The van der Waals surface area contributed by atoms with Crippen LogP contribution in [0, 0.1) is 25.2 Å². The SMILES string of the molecule is Cc1ccc(O)c(C)c1-c1cnc2[nH]c(-c3cnc(N(C)C)nc3)c(Cl)c2c1C#N. The number of anilines is 1. The third-order valence-electron chi connectivity index (χ3n) is 5.11. The second kappa shape index (κ2) is 7.32. The first-order valence-corrected chi connectivity index (χ1v) is 9.60. The van der Waals surface area contributed by atoms with Crippen molar-refractivity contribution in [3.63, 3.8) is 0 Å². The fraction of sp³-hybridized carbons (Fsp3) is 0.182. The molecule has 7 nitrogen and oxygen atoms in total. The highest BCUT2D eigenvalue weighted by atomic mass is 35.5. The predicted octanol–water partition coefficient (Wildman–Crippen LogP) is 4.60. The predicted molar refractivity (Wildman–Crippen MR) is 118 cm³/mol. The fourth-order valence-corrected chi connectivity index (χ4v) is 3.89. The number of benzene rings is 1. The second-order valence-electron chi connectivity index (χ2n) is 7.26. The number of hydrogen-bond acceptors (Lipinski definition) is 6. The Morgan fingerprint density at radius 1 is 1.10 bits per heavy atom. The molecule has 0 bridgehead atoms. The van der Waals surface area contributed by atoms with Gasteiger partial charge in [0.1, 0.15) is 17.5 Å². The van der Waals surface area contributed by atoms with E-state index in [9.17, 15) is 10.4 Å². The van der Waals surface area contributed by atoms with Crippen LogP contribution in [-0.2, 0) is 0 Å². The Balaban J connectivity index is 1.96. The Morgan fingerprint density at radius 3 is 2.43 bits per heavy atom. The summed E-state index contributed by atoms with van der Waals surface area (Å²) >= 11 is 6.71. The minimum absolute atomic E-state index is 0.165. The number of halogens is 1. The van der Waals surface area contributed by atoms with E-state index in [-0.39, 0.29) is 5.75 Å². The standard InChI is InChI=1S/C22H19ClN6O/c1-11-5-6-16(30)12(2)17(11)15-10-25-21-18(14(15)7-24)19(23)20(28-21)13-8-26-22(27-9-13)29(3)4/h5-6,8-10,30H,1-4H3,(H,25,28). The van der Waals surface area contributed by atoms with Crippen LogP contribution in [0.4, 0.5) is 5.95 Å². The number of H-pyrrole nitrogens is 1. The van der Waals surface area contributed by atoms with Crippen molar-refractivity contribution in [2.75, 3.05) is 19.0 Å². The van der Waals surface area contributed by atoms with Gasteiger partial charge in [-0.3, -0.25) is 0 Å². The van der Waals surface area contributed by atoms with E-state index in [0.717, 1.165) is 11.1 Å². The number of phenols is 1. The number of aromatic hydroxyl groups is 1. The number of fused-ring (bicyclic) bond motifs is 1. The molecule has 0 spiro atoms. The van der Waals surface area contributed by atoms with E-state index in [0.29, 0.717) is 50.0 Å². The van der Waals surface area contributed by atoms with Gasteiger partial charge in [0.15, 0.2) is 0 Å². The van der Waals surface area contributed by atoms with Gasteiger partial charge in [-0.1, -0.05) is 17.7 Å². The summed E-state index contributed by atoms with van der Waals surface area (Å²) in [6, 6.07) is 5.74. The number of aromatic amines is 1. The highest BCUT2D eigenvalue weighted by Crippen LogP contribution is 2.41. The summed E-state index contributed by atoms with van der Waals surface area (Å²) in [5.41, 5.74) is 5.22. The molecule has 30 heavy (non-hydrogen) atoms. The molecule has 4 aromatic rings. The molecule has 0 aliphatic heterocycles. The molecule has 0 saturated carbocycles. The van der Waals surface area contributed by atoms with E-state index in [1.807, 2.05) is 34.0 Å². The number of rotatable bonds is 3. The molecule has 150 valence electrons. The summed E-state index contributed by atoms with van der Waals surface area (Å²) in [7, 11) is 3.72. The quantitative estimate of drug-likeness (QED) is 0.504. The molecular weight excluding hydrogens is 400 g/mol. The maximum Gasteiger partial charge on any atom is 0.224 e. The van der Waals surface area contributed by atoms with Gasteiger partial charge in [-0.05, 0) is 36.6 Å². The van der Waals surface area contributed by atoms with Gasteiger partial charge in [-0.25, -0.2) is 15.0 Å². The molecule has 0 atom stereocenters. The van der Waals surface area contributed by atoms with Gasteiger partial charge in [0.2, 0.25) is 5.95 Å².